The molecule has 9 heteroatoms. The van der Waals surface area contributed by atoms with Crippen LogP contribution in [0, 0.1) is 10.1 Å². The highest BCUT2D eigenvalue weighted by Crippen LogP contribution is 2.15. The fourth-order valence-corrected chi connectivity index (χ4v) is 3.12. The number of carbonyl (C=O) groups excluding carboxylic acids is 2. The van der Waals surface area contributed by atoms with Crippen LogP contribution in [0.15, 0.2) is 78.9 Å². The minimum atomic E-state index is -0.578. The second kappa shape index (κ2) is 10.3. The molecule has 2 amide bonds. The minimum absolute atomic E-state index is 0.0245. The monoisotopic (exact) mass is 448 g/mol. The van der Waals surface area contributed by atoms with Gasteiger partial charge in [0.1, 0.15) is 0 Å². The molecule has 3 aromatic rings. The number of hydrogen-bond donors (Lipinski definition) is 3. The summed E-state index contributed by atoms with van der Waals surface area (Å²) in [7, 11) is 0. The van der Waals surface area contributed by atoms with Gasteiger partial charge in [-0.05, 0) is 55.0 Å². The second-order valence-electron chi connectivity index (χ2n) is 6.90. The average Bonchev–Trinajstić information content (AvgIpc) is 2.80. The first-order valence-corrected chi connectivity index (χ1v) is 10.1. The highest BCUT2D eigenvalue weighted by Gasteiger charge is 2.14. The van der Waals surface area contributed by atoms with E-state index in [0.717, 1.165) is 5.56 Å². The molecule has 3 rings (SSSR count). The van der Waals surface area contributed by atoms with E-state index in [2.05, 4.69) is 16.0 Å². The molecule has 8 nitrogen and oxygen atoms in total. The van der Waals surface area contributed by atoms with E-state index < -0.39 is 10.8 Å². The molecule has 32 heavy (non-hydrogen) atoms. The van der Waals surface area contributed by atoms with Gasteiger partial charge in [0.15, 0.2) is 5.11 Å². The summed E-state index contributed by atoms with van der Waals surface area (Å²) in [6.45, 7) is 1.91. The van der Waals surface area contributed by atoms with Gasteiger partial charge in [-0.3, -0.25) is 25.0 Å². The van der Waals surface area contributed by atoms with Crippen LogP contribution < -0.4 is 16.0 Å². The van der Waals surface area contributed by atoms with E-state index in [1.165, 1.54) is 24.3 Å². The zero-order chi connectivity index (χ0) is 23.1. The van der Waals surface area contributed by atoms with Gasteiger partial charge in [0.25, 0.3) is 17.5 Å². The Labute approximate surface area is 189 Å². The maximum Gasteiger partial charge on any atom is 0.270 e. The van der Waals surface area contributed by atoms with E-state index in [-0.39, 0.29) is 28.3 Å². The average molecular weight is 449 g/mol. The largest absolute Gasteiger partial charge is 0.346 e. The fraction of sp³-hybridized carbons (Fsp3) is 0.0870. The third-order valence-electron chi connectivity index (χ3n) is 4.60. The third-order valence-corrected chi connectivity index (χ3v) is 4.80. The first-order chi connectivity index (χ1) is 15.3. The lowest BCUT2D eigenvalue weighted by molar-refractivity contribution is -0.384. The van der Waals surface area contributed by atoms with Gasteiger partial charge in [-0.15, -0.1) is 0 Å². The Hall–Kier alpha value is -4.11. The second-order valence-corrected chi connectivity index (χ2v) is 7.31. The topological polar surface area (TPSA) is 113 Å². The molecule has 0 heterocycles. The van der Waals surface area contributed by atoms with Gasteiger partial charge < -0.3 is 10.6 Å². The molecular formula is C23H20N4O4S. The Morgan fingerprint density at radius 1 is 0.906 bits per heavy atom. The van der Waals surface area contributed by atoms with Crippen molar-refractivity contribution in [2.24, 2.45) is 0 Å². The maximum absolute atomic E-state index is 12.5. The summed E-state index contributed by atoms with van der Waals surface area (Å²) in [5.74, 6) is -0.786. The Bertz CT molecular complexity index is 1150. The van der Waals surface area contributed by atoms with Crippen LogP contribution >= 0.6 is 12.2 Å². The number of nitrogens with zero attached hydrogens (tertiary/aromatic N) is 1. The maximum atomic E-state index is 12.5. The number of non-ortho nitro benzene ring substituents is 1. The molecule has 3 aromatic carbocycles. The van der Waals surface area contributed by atoms with Crippen molar-refractivity contribution in [3.8, 4) is 0 Å². The lowest BCUT2D eigenvalue weighted by atomic mass is 10.1. The van der Waals surface area contributed by atoms with Crippen LogP contribution in [0.3, 0.4) is 0 Å². The summed E-state index contributed by atoms with van der Waals surface area (Å²) in [6, 6.07) is 21.4. The Morgan fingerprint density at radius 3 is 2.25 bits per heavy atom. The molecule has 0 bridgehead atoms. The van der Waals surface area contributed by atoms with Crippen molar-refractivity contribution in [3.05, 3.63) is 106 Å². The number of benzene rings is 3. The van der Waals surface area contributed by atoms with Gasteiger partial charge >= 0.3 is 0 Å². The van der Waals surface area contributed by atoms with Crippen molar-refractivity contribution in [1.29, 1.82) is 0 Å². The van der Waals surface area contributed by atoms with Crippen molar-refractivity contribution in [1.82, 2.24) is 10.6 Å². The Morgan fingerprint density at radius 2 is 1.59 bits per heavy atom. The summed E-state index contributed by atoms with van der Waals surface area (Å²) in [5, 5.41) is 19.1. The van der Waals surface area contributed by atoms with Gasteiger partial charge in [0, 0.05) is 28.9 Å². The van der Waals surface area contributed by atoms with Crippen molar-refractivity contribution in [3.63, 3.8) is 0 Å². The van der Waals surface area contributed by atoms with Crippen LogP contribution in [-0.4, -0.2) is 21.9 Å². The zero-order valence-corrected chi connectivity index (χ0v) is 17.9. The molecule has 162 valence electrons. The number of nitrogens with one attached hydrogen (secondary N) is 3. The first-order valence-electron chi connectivity index (χ1n) is 9.66. The van der Waals surface area contributed by atoms with E-state index in [9.17, 15) is 19.7 Å². The quantitative estimate of drug-likeness (QED) is 0.296. The molecule has 3 N–H and O–H groups in total. The molecule has 1 atom stereocenters. The summed E-state index contributed by atoms with van der Waals surface area (Å²) < 4.78 is 0. The number of thiocarbonyl (C=S) groups is 1. The van der Waals surface area contributed by atoms with Gasteiger partial charge in [-0.2, -0.15) is 0 Å². The van der Waals surface area contributed by atoms with Crippen molar-refractivity contribution >= 4 is 40.5 Å². The molecule has 0 aliphatic heterocycles. The lowest BCUT2D eigenvalue weighted by Crippen LogP contribution is -2.34. The molecule has 0 saturated heterocycles. The number of rotatable bonds is 6. The SMILES string of the molecule is CC(NC(=O)c1ccc(NC(=S)NC(=O)c2cccc([N+](=O)[O-])c2)cc1)c1ccccc1. The van der Waals surface area contributed by atoms with E-state index in [0.29, 0.717) is 11.3 Å². The normalized spacial score (nSPS) is 11.2. The molecule has 0 spiro atoms. The molecule has 0 saturated carbocycles. The predicted octanol–water partition coefficient (Wildman–Crippen LogP) is 4.21. The minimum Gasteiger partial charge on any atom is -0.346 e. The summed E-state index contributed by atoms with van der Waals surface area (Å²) in [4.78, 5) is 35.0. The van der Waals surface area contributed by atoms with Crippen LogP contribution in [0.25, 0.3) is 0 Å². The van der Waals surface area contributed by atoms with E-state index >= 15 is 0 Å². The Kier molecular flexibility index (Phi) is 7.25. The number of nitro groups is 1. The van der Waals surface area contributed by atoms with Gasteiger partial charge in [0.05, 0.1) is 11.0 Å². The van der Waals surface area contributed by atoms with Crippen LogP contribution in [0.4, 0.5) is 11.4 Å². The summed E-state index contributed by atoms with van der Waals surface area (Å²) >= 11 is 5.14. The molecule has 0 aliphatic rings. The zero-order valence-electron chi connectivity index (χ0n) is 17.1. The Balaban J connectivity index is 1.56. The number of anilines is 1. The van der Waals surface area contributed by atoms with Gasteiger partial charge in [-0.1, -0.05) is 36.4 Å². The van der Waals surface area contributed by atoms with Crippen molar-refractivity contribution < 1.29 is 14.5 Å². The van der Waals surface area contributed by atoms with Crippen LogP contribution in [0.1, 0.15) is 39.2 Å². The standard InChI is InChI=1S/C23H20N4O4S/c1-15(16-6-3-2-4-7-16)24-21(28)17-10-12-19(13-11-17)25-23(32)26-22(29)18-8-5-9-20(14-18)27(30)31/h2-15H,1H3,(H,24,28)(H2,25,26,29,32). The van der Waals surface area contributed by atoms with Crippen LogP contribution in [0.2, 0.25) is 0 Å². The van der Waals surface area contributed by atoms with Crippen molar-refractivity contribution in [2.45, 2.75) is 13.0 Å². The van der Waals surface area contributed by atoms with E-state index in [1.807, 2.05) is 37.3 Å². The van der Waals surface area contributed by atoms with Gasteiger partial charge in [-0.25, -0.2) is 0 Å². The molecule has 1 unspecified atom stereocenters. The summed E-state index contributed by atoms with van der Waals surface area (Å²) in [6.07, 6.45) is 0. The molecular weight excluding hydrogens is 428 g/mol. The number of hydrogen-bond acceptors (Lipinski definition) is 5. The number of amides is 2. The highest BCUT2D eigenvalue weighted by molar-refractivity contribution is 7.80. The van der Waals surface area contributed by atoms with E-state index in [4.69, 9.17) is 12.2 Å². The summed E-state index contributed by atoms with van der Waals surface area (Å²) in [5.41, 5.74) is 1.98. The van der Waals surface area contributed by atoms with Crippen molar-refractivity contribution in [2.75, 3.05) is 5.32 Å². The molecule has 0 aromatic heterocycles. The van der Waals surface area contributed by atoms with E-state index in [1.54, 1.807) is 24.3 Å². The van der Waals surface area contributed by atoms with Gasteiger partial charge in [0.2, 0.25) is 0 Å². The molecule has 0 fully saturated rings. The first kappa shape index (κ1) is 22.6. The smallest absolute Gasteiger partial charge is 0.270 e. The molecule has 0 radical (unpaired) electrons. The fourth-order valence-electron chi connectivity index (χ4n) is 2.91. The third kappa shape index (κ3) is 5.96. The number of carbonyl (C=O) groups is 2. The predicted molar refractivity (Wildman–Crippen MR) is 126 cm³/mol. The van der Waals surface area contributed by atoms with Crippen LogP contribution in [-0.2, 0) is 0 Å². The number of nitro benzene ring substituents is 1. The molecule has 0 aliphatic carbocycles. The van der Waals surface area contributed by atoms with Crippen LogP contribution in [0.5, 0.6) is 0 Å². The highest BCUT2D eigenvalue weighted by atomic mass is 32.1. The lowest BCUT2D eigenvalue weighted by Gasteiger charge is -2.15.